The van der Waals surface area contributed by atoms with Gasteiger partial charge < -0.3 is 10.2 Å². The molecule has 0 saturated heterocycles. The van der Waals surface area contributed by atoms with Crippen molar-refractivity contribution < 1.29 is 14.1 Å². The zero-order valence-electron chi connectivity index (χ0n) is 12.9. The minimum atomic E-state index is -0.358. The van der Waals surface area contributed by atoms with Gasteiger partial charge in [0.2, 0.25) is 0 Å². The summed E-state index contributed by atoms with van der Waals surface area (Å²) >= 11 is 11.9. The van der Waals surface area contributed by atoms with E-state index in [4.69, 9.17) is 23.2 Å². The van der Waals surface area contributed by atoms with Crippen molar-refractivity contribution >= 4 is 34.8 Å². The van der Waals surface area contributed by atoms with Gasteiger partial charge in [-0.05, 0) is 36.8 Å². The Bertz CT molecular complexity index is 701. The molecule has 2 aromatic carbocycles. The number of hydrogen-bond donors (Lipinski definition) is 2. The van der Waals surface area contributed by atoms with Gasteiger partial charge in [0.15, 0.2) is 6.54 Å². The minimum Gasteiger partial charge on any atom is -0.326 e. The van der Waals surface area contributed by atoms with Gasteiger partial charge >= 0.3 is 0 Å². The minimum absolute atomic E-state index is 0.166. The Labute approximate surface area is 145 Å². The quantitative estimate of drug-likeness (QED) is 0.848. The maximum absolute atomic E-state index is 13.8. The summed E-state index contributed by atoms with van der Waals surface area (Å²) in [5.41, 5.74) is 2.02. The number of aryl methyl sites for hydroxylation is 1. The molecule has 0 fully saturated rings. The monoisotopic (exact) mass is 355 g/mol. The smallest absolute Gasteiger partial charge is 0.279 e. The van der Waals surface area contributed by atoms with E-state index < -0.39 is 0 Å². The first-order valence-electron chi connectivity index (χ1n) is 7.17. The Morgan fingerprint density at radius 2 is 2.00 bits per heavy atom. The largest absolute Gasteiger partial charge is 0.326 e. The van der Waals surface area contributed by atoms with Gasteiger partial charge in [-0.2, -0.15) is 0 Å². The van der Waals surface area contributed by atoms with Gasteiger partial charge in [-0.25, -0.2) is 4.39 Å². The molecule has 0 aliphatic carbocycles. The lowest BCUT2D eigenvalue weighted by atomic mass is 10.2. The van der Waals surface area contributed by atoms with Gasteiger partial charge in [0.1, 0.15) is 12.4 Å². The van der Waals surface area contributed by atoms with Crippen LogP contribution in [-0.2, 0) is 11.3 Å². The molecule has 2 aromatic rings. The first kappa shape index (κ1) is 17.7. The summed E-state index contributed by atoms with van der Waals surface area (Å²) in [6.45, 7) is 2.41. The second-order valence-electron chi connectivity index (χ2n) is 5.52. The van der Waals surface area contributed by atoms with Crippen LogP contribution in [0.1, 0.15) is 11.1 Å². The van der Waals surface area contributed by atoms with Gasteiger partial charge in [0.25, 0.3) is 5.91 Å². The van der Waals surface area contributed by atoms with E-state index in [1.807, 2.05) is 20.0 Å². The number of anilines is 1. The third kappa shape index (κ3) is 4.93. The van der Waals surface area contributed by atoms with Crippen molar-refractivity contribution in [3.05, 3.63) is 63.4 Å². The number of benzene rings is 2. The summed E-state index contributed by atoms with van der Waals surface area (Å²) in [7, 11) is 1.81. The van der Waals surface area contributed by atoms with E-state index >= 15 is 0 Å². The highest BCUT2D eigenvalue weighted by atomic mass is 35.5. The van der Waals surface area contributed by atoms with E-state index in [2.05, 4.69) is 5.32 Å². The number of quaternary nitrogens is 1. The van der Waals surface area contributed by atoms with Crippen LogP contribution in [0.5, 0.6) is 0 Å². The Balaban J connectivity index is 1.98. The molecule has 1 atom stereocenters. The fourth-order valence-corrected chi connectivity index (χ4v) is 2.66. The molecule has 1 amide bonds. The lowest BCUT2D eigenvalue weighted by Crippen LogP contribution is -3.08. The molecule has 23 heavy (non-hydrogen) atoms. The van der Waals surface area contributed by atoms with E-state index in [0.717, 1.165) is 10.5 Å². The van der Waals surface area contributed by atoms with Gasteiger partial charge in [0, 0.05) is 10.7 Å². The van der Waals surface area contributed by atoms with Crippen molar-refractivity contribution in [2.45, 2.75) is 13.5 Å². The lowest BCUT2D eigenvalue weighted by molar-refractivity contribution is -0.885. The summed E-state index contributed by atoms with van der Waals surface area (Å²) in [4.78, 5) is 13.0. The predicted molar refractivity (Wildman–Crippen MR) is 91.7 cm³/mol. The highest BCUT2D eigenvalue weighted by Crippen LogP contribution is 2.20. The second-order valence-corrected chi connectivity index (χ2v) is 6.36. The summed E-state index contributed by atoms with van der Waals surface area (Å²) in [6.07, 6.45) is 0. The van der Waals surface area contributed by atoms with Crippen LogP contribution in [0.25, 0.3) is 0 Å². The molecule has 0 spiro atoms. The Kier molecular flexibility index (Phi) is 5.99. The Morgan fingerprint density at radius 3 is 2.70 bits per heavy atom. The van der Waals surface area contributed by atoms with Crippen molar-refractivity contribution in [2.75, 3.05) is 18.9 Å². The van der Waals surface area contributed by atoms with Crippen LogP contribution < -0.4 is 10.2 Å². The molecule has 2 rings (SSSR count). The van der Waals surface area contributed by atoms with E-state index in [9.17, 15) is 9.18 Å². The number of hydrogen-bond acceptors (Lipinski definition) is 1. The first-order chi connectivity index (χ1) is 10.9. The Hall–Kier alpha value is -1.62. The van der Waals surface area contributed by atoms with Crippen LogP contribution in [0.15, 0.2) is 36.4 Å². The molecule has 3 nitrogen and oxygen atoms in total. The molecule has 1 unspecified atom stereocenters. The van der Waals surface area contributed by atoms with Crippen LogP contribution in [0, 0.1) is 12.7 Å². The first-order valence-corrected chi connectivity index (χ1v) is 7.92. The number of nitrogens with one attached hydrogen (secondary N) is 2. The fraction of sp³-hybridized carbons (Fsp3) is 0.235. The van der Waals surface area contributed by atoms with Gasteiger partial charge in [0.05, 0.1) is 17.6 Å². The number of rotatable bonds is 5. The summed E-state index contributed by atoms with van der Waals surface area (Å²) in [5, 5.41) is 3.76. The fourth-order valence-electron chi connectivity index (χ4n) is 2.26. The molecule has 0 aliphatic rings. The second kappa shape index (κ2) is 7.77. The van der Waals surface area contributed by atoms with Crippen molar-refractivity contribution in [1.82, 2.24) is 0 Å². The zero-order valence-corrected chi connectivity index (χ0v) is 14.4. The predicted octanol–water partition coefficient (Wildman–Crippen LogP) is 3.09. The molecule has 0 bridgehead atoms. The third-order valence-corrected chi connectivity index (χ3v) is 4.07. The topological polar surface area (TPSA) is 33.5 Å². The highest BCUT2D eigenvalue weighted by molar-refractivity contribution is 6.31. The van der Waals surface area contributed by atoms with Crippen LogP contribution in [0.2, 0.25) is 10.0 Å². The van der Waals surface area contributed by atoms with Crippen LogP contribution in [0.3, 0.4) is 0 Å². The normalized spacial score (nSPS) is 12.0. The van der Waals surface area contributed by atoms with E-state index in [0.29, 0.717) is 27.8 Å². The number of carbonyl (C=O) groups excluding carboxylic acids is 1. The van der Waals surface area contributed by atoms with Crippen molar-refractivity contribution in [3.63, 3.8) is 0 Å². The van der Waals surface area contributed by atoms with Crippen LogP contribution >= 0.6 is 23.2 Å². The average Bonchev–Trinajstić information content (AvgIpc) is 2.47. The summed E-state index contributed by atoms with van der Waals surface area (Å²) in [6, 6.07) is 9.88. The van der Waals surface area contributed by atoms with Crippen LogP contribution in [-0.4, -0.2) is 19.5 Å². The van der Waals surface area contributed by atoms with Crippen molar-refractivity contribution in [2.24, 2.45) is 0 Å². The molecule has 0 radical (unpaired) electrons. The van der Waals surface area contributed by atoms with Gasteiger partial charge in [-0.15, -0.1) is 0 Å². The van der Waals surface area contributed by atoms with E-state index in [1.165, 1.54) is 6.07 Å². The maximum Gasteiger partial charge on any atom is 0.279 e. The molecule has 0 heterocycles. The standard InChI is InChI=1S/C17H17Cl2FN2O/c1-11-6-7-12(18)8-16(11)21-17(23)10-22(2)9-13-14(19)4-3-5-15(13)20/h3-8H,9-10H2,1-2H3,(H,21,23)/p+1. The van der Waals surface area contributed by atoms with E-state index in [-0.39, 0.29) is 18.3 Å². The molecule has 0 aromatic heterocycles. The highest BCUT2D eigenvalue weighted by Gasteiger charge is 2.16. The number of halogens is 3. The summed E-state index contributed by atoms with van der Waals surface area (Å²) < 4.78 is 13.8. The molecule has 0 saturated carbocycles. The number of carbonyl (C=O) groups is 1. The molecule has 6 heteroatoms. The molecule has 122 valence electrons. The van der Waals surface area contributed by atoms with Gasteiger partial charge in [-0.1, -0.05) is 35.3 Å². The molecule has 0 aliphatic heterocycles. The zero-order chi connectivity index (χ0) is 17.0. The summed E-state index contributed by atoms with van der Waals surface area (Å²) in [5.74, 6) is -0.525. The van der Waals surface area contributed by atoms with Crippen LogP contribution in [0.4, 0.5) is 10.1 Å². The average molecular weight is 356 g/mol. The number of amides is 1. The molecular formula is C17H18Cl2FN2O+. The van der Waals surface area contributed by atoms with Gasteiger partial charge in [-0.3, -0.25) is 4.79 Å². The molecular weight excluding hydrogens is 338 g/mol. The number of likely N-dealkylation sites (N-methyl/N-ethyl adjacent to an activating group) is 1. The Morgan fingerprint density at radius 1 is 1.26 bits per heavy atom. The third-order valence-electron chi connectivity index (χ3n) is 3.48. The van der Waals surface area contributed by atoms with Crippen molar-refractivity contribution in [1.29, 1.82) is 0 Å². The SMILES string of the molecule is Cc1ccc(Cl)cc1NC(=O)C[NH+](C)Cc1c(F)cccc1Cl. The van der Waals surface area contributed by atoms with E-state index in [1.54, 1.807) is 24.3 Å². The lowest BCUT2D eigenvalue weighted by Gasteiger charge is -2.16. The van der Waals surface area contributed by atoms with Crippen molar-refractivity contribution in [3.8, 4) is 0 Å². The molecule has 2 N–H and O–H groups in total. The maximum atomic E-state index is 13.8.